The molecule has 1 saturated heterocycles. The summed E-state index contributed by atoms with van der Waals surface area (Å²) in [6.45, 7) is 10.2. The minimum absolute atomic E-state index is 0.116. The molecule has 0 spiro atoms. The van der Waals surface area contributed by atoms with Crippen LogP contribution in [0.4, 0.5) is 0 Å². The number of pyridine rings is 1. The molecule has 2 aliphatic rings. The van der Waals surface area contributed by atoms with E-state index >= 15 is 0 Å². The molecule has 1 N–H and O–H groups in total. The third-order valence-electron chi connectivity index (χ3n) is 6.01. The number of aryl methyl sites for hydroxylation is 1. The second-order valence-electron chi connectivity index (χ2n) is 7.88. The molecule has 4 heterocycles. The van der Waals surface area contributed by atoms with Crippen LogP contribution in [0.2, 0.25) is 0 Å². The maximum Gasteiger partial charge on any atom is 0.252 e. The smallest absolute Gasteiger partial charge is 0.252 e. The van der Waals surface area contributed by atoms with Crippen molar-refractivity contribution >= 4 is 17.2 Å². The number of aromatic nitrogens is 1. The summed E-state index contributed by atoms with van der Waals surface area (Å²) < 4.78 is 0. The molecule has 0 bridgehead atoms. The minimum atomic E-state index is 0.116. The molecule has 150 valence electrons. The van der Waals surface area contributed by atoms with Gasteiger partial charge in [0.2, 0.25) is 0 Å². The first-order valence-electron chi connectivity index (χ1n) is 10.4. The molecular weight excluding hydrogens is 368 g/mol. The number of nitrogens with one attached hydrogen (secondary N) is 1. The maximum absolute atomic E-state index is 12.8. The normalized spacial score (nSPS) is 20.3. The van der Waals surface area contributed by atoms with Crippen molar-refractivity contribution in [3.05, 3.63) is 51.0 Å². The molecule has 4 rings (SSSR count). The van der Waals surface area contributed by atoms with Crippen molar-refractivity contribution in [2.75, 3.05) is 26.2 Å². The second kappa shape index (κ2) is 8.72. The van der Waals surface area contributed by atoms with Crippen molar-refractivity contribution in [1.29, 1.82) is 0 Å². The predicted molar refractivity (Wildman–Crippen MR) is 114 cm³/mol. The fraction of sp³-hybridized carbons (Fsp3) is 0.545. The molecule has 2 aromatic rings. The number of fused-ring (bicyclic) bond motifs is 1. The molecule has 1 atom stereocenters. The van der Waals surface area contributed by atoms with E-state index in [4.69, 9.17) is 0 Å². The van der Waals surface area contributed by atoms with Crippen molar-refractivity contribution in [3.8, 4) is 0 Å². The van der Waals surface area contributed by atoms with Crippen molar-refractivity contribution in [3.63, 3.8) is 0 Å². The zero-order chi connectivity index (χ0) is 19.5. The van der Waals surface area contributed by atoms with E-state index in [1.165, 1.54) is 16.0 Å². The number of thiophene rings is 1. The lowest BCUT2D eigenvalue weighted by atomic mass is 10.0. The standard InChI is InChI=1S/C22H30N4OS/c1-3-16-5-6-17(23-11-16)12-26-10-8-19-20(15-28-21(19)14-26)22(27)24-18-7-9-25(4-2)13-18/h5-6,11,15,18H,3-4,7-10,12-14H2,1-2H3,(H,24,27)/t18-/m1/s1. The Bertz CT molecular complexity index is 816. The topological polar surface area (TPSA) is 48.5 Å². The molecule has 2 aromatic heterocycles. The highest BCUT2D eigenvalue weighted by Gasteiger charge is 2.27. The lowest BCUT2D eigenvalue weighted by molar-refractivity contribution is 0.0936. The van der Waals surface area contributed by atoms with Crippen LogP contribution in [0.25, 0.3) is 0 Å². The molecular formula is C22H30N4OS. The van der Waals surface area contributed by atoms with Gasteiger partial charge in [0.1, 0.15) is 0 Å². The number of hydrogen-bond donors (Lipinski definition) is 1. The summed E-state index contributed by atoms with van der Waals surface area (Å²) in [5, 5.41) is 5.32. The predicted octanol–water partition coefficient (Wildman–Crippen LogP) is 3.09. The molecule has 0 saturated carbocycles. The van der Waals surface area contributed by atoms with Crippen molar-refractivity contribution < 1.29 is 4.79 Å². The van der Waals surface area contributed by atoms with E-state index in [-0.39, 0.29) is 5.91 Å². The van der Waals surface area contributed by atoms with E-state index in [0.29, 0.717) is 6.04 Å². The molecule has 0 radical (unpaired) electrons. The first-order valence-corrected chi connectivity index (χ1v) is 11.3. The van der Waals surface area contributed by atoms with Crippen LogP contribution in [-0.4, -0.2) is 52.9 Å². The molecule has 1 amide bonds. The fourth-order valence-electron chi connectivity index (χ4n) is 4.19. The zero-order valence-electron chi connectivity index (χ0n) is 16.9. The van der Waals surface area contributed by atoms with Gasteiger partial charge in [-0.15, -0.1) is 11.3 Å². The average molecular weight is 399 g/mol. The Balaban J connectivity index is 1.36. The van der Waals surface area contributed by atoms with E-state index < -0.39 is 0 Å². The molecule has 0 aromatic carbocycles. The van der Waals surface area contributed by atoms with Gasteiger partial charge < -0.3 is 10.2 Å². The second-order valence-corrected chi connectivity index (χ2v) is 8.84. The summed E-state index contributed by atoms with van der Waals surface area (Å²) in [5.74, 6) is 0.116. The Labute approximate surface area is 171 Å². The summed E-state index contributed by atoms with van der Waals surface area (Å²) in [6, 6.07) is 4.61. The number of carbonyl (C=O) groups excluding carboxylic acids is 1. The number of amides is 1. The van der Waals surface area contributed by atoms with Gasteiger partial charge in [0, 0.05) is 55.2 Å². The first-order chi connectivity index (χ1) is 13.7. The quantitative estimate of drug-likeness (QED) is 0.812. The molecule has 0 aliphatic carbocycles. The lowest BCUT2D eigenvalue weighted by Crippen LogP contribution is -2.38. The fourth-order valence-corrected chi connectivity index (χ4v) is 5.32. The highest BCUT2D eigenvalue weighted by Crippen LogP contribution is 2.29. The lowest BCUT2D eigenvalue weighted by Gasteiger charge is -2.27. The molecule has 28 heavy (non-hydrogen) atoms. The molecule has 6 heteroatoms. The minimum Gasteiger partial charge on any atom is -0.348 e. The van der Waals surface area contributed by atoms with E-state index in [1.54, 1.807) is 11.3 Å². The van der Waals surface area contributed by atoms with Crippen LogP contribution in [0, 0.1) is 0 Å². The largest absolute Gasteiger partial charge is 0.348 e. The highest BCUT2D eigenvalue weighted by atomic mass is 32.1. The molecule has 0 unspecified atom stereocenters. The Morgan fingerprint density at radius 2 is 2.18 bits per heavy atom. The van der Waals surface area contributed by atoms with Gasteiger partial charge in [-0.1, -0.05) is 19.9 Å². The summed E-state index contributed by atoms with van der Waals surface area (Å²) in [5.41, 5.74) is 4.57. The number of nitrogens with zero attached hydrogens (tertiary/aromatic N) is 3. The summed E-state index contributed by atoms with van der Waals surface area (Å²) in [7, 11) is 0. The van der Waals surface area contributed by atoms with E-state index in [2.05, 4.69) is 51.5 Å². The first kappa shape index (κ1) is 19.6. The Morgan fingerprint density at radius 3 is 2.89 bits per heavy atom. The van der Waals surface area contributed by atoms with Crippen LogP contribution in [0.3, 0.4) is 0 Å². The van der Waals surface area contributed by atoms with Crippen LogP contribution in [0.5, 0.6) is 0 Å². The van der Waals surface area contributed by atoms with Crippen LogP contribution >= 0.6 is 11.3 Å². The van der Waals surface area contributed by atoms with Gasteiger partial charge in [-0.2, -0.15) is 0 Å². The maximum atomic E-state index is 12.8. The third-order valence-corrected chi connectivity index (χ3v) is 7.02. The highest BCUT2D eigenvalue weighted by molar-refractivity contribution is 7.10. The van der Waals surface area contributed by atoms with Crippen LogP contribution < -0.4 is 5.32 Å². The van der Waals surface area contributed by atoms with Gasteiger partial charge in [-0.3, -0.25) is 14.7 Å². The molecule has 1 fully saturated rings. The SMILES string of the molecule is CCc1ccc(CN2CCc3c(C(=O)N[C@@H]4CCN(CC)C4)csc3C2)nc1. The van der Waals surface area contributed by atoms with Crippen LogP contribution in [-0.2, 0) is 25.9 Å². The van der Waals surface area contributed by atoms with Crippen LogP contribution in [0.15, 0.2) is 23.7 Å². The Morgan fingerprint density at radius 1 is 1.29 bits per heavy atom. The number of likely N-dealkylation sites (tertiary alicyclic amines) is 1. The summed E-state index contributed by atoms with van der Waals surface area (Å²) in [6.07, 6.45) is 5.02. The average Bonchev–Trinajstić information content (AvgIpc) is 3.35. The van der Waals surface area contributed by atoms with Crippen molar-refractivity contribution in [2.24, 2.45) is 0 Å². The summed E-state index contributed by atoms with van der Waals surface area (Å²) in [4.78, 5) is 23.6. The van der Waals surface area contributed by atoms with Crippen LogP contribution in [0.1, 0.15) is 52.3 Å². The van der Waals surface area contributed by atoms with Gasteiger partial charge in [-0.25, -0.2) is 0 Å². The Hall–Kier alpha value is -1.76. The summed E-state index contributed by atoms with van der Waals surface area (Å²) >= 11 is 1.73. The van der Waals surface area contributed by atoms with Crippen molar-refractivity contribution in [1.82, 2.24) is 20.1 Å². The third kappa shape index (κ3) is 4.29. The van der Waals surface area contributed by atoms with Gasteiger partial charge in [-0.05, 0) is 43.0 Å². The molecule has 5 nitrogen and oxygen atoms in total. The Kier molecular flexibility index (Phi) is 6.09. The van der Waals surface area contributed by atoms with E-state index in [9.17, 15) is 4.79 Å². The monoisotopic (exact) mass is 398 g/mol. The van der Waals surface area contributed by atoms with Crippen molar-refractivity contribution in [2.45, 2.75) is 52.2 Å². The molecule has 2 aliphatic heterocycles. The number of carbonyl (C=O) groups is 1. The van der Waals surface area contributed by atoms with Gasteiger partial charge in [0.25, 0.3) is 5.91 Å². The van der Waals surface area contributed by atoms with E-state index in [0.717, 1.165) is 69.8 Å². The van der Waals surface area contributed by atoms with Gasteiger partial charge in [0.15, 0.2) is 0 Å². The van der Waals surface area contributed by atoms with Gasteiger partial charge >= 0.3 is 0 Å². The number of likely N-dealkylation sites (N-methyl/N-ethyl adjacent to an activating group) is 1. The number of rotatable bonds is 6. The number of hydrogen-bond acceptors (Lipinski definition) is 5. The van der Waals surface area contributed by atoms with Gasteiger partial charge in [0.05, 0.1) is 11.3 Å². The van der Waals surface area contributed by atoms with E-state index in [1.807, 2.05) is 6.20 Å². The zero-order valence-corrected chi connectivity index (χ0v) is 17.7.